The van der Waals surface area contributed by atoms with Gasteiger partial charge in [-0.15, -0.1) is 0 Å². The molecule has 0 aromatic heterocycles. The maximum Gasteiger partial charge on any atom is 0.247 e. The van der Waals surface area contributed by atoms with E-state index >= 15 is 0 Å². The Hall–Kier alpha value is -2.05. The van der Waals surface area contributed by atoms with Gasteiger partial charge in [-0.2, -0.15) is 0 Å². The number of carbonyl (C=O) groups is 1. The summed E-state index contributed by atoms with van der Waals surface area (Å²) in [7, 11) is 1.61. The highest BCUT2D eigenvalue weighted by Crippen LogP contribution is 2.49. The summed E-state index contributed by atoms with van der Waals surface area (Å²) < 4.78 is 17.8. The standard InChI is InChI=1S/C17H14BrNO4/c1-21-11-3-5-15-13(7-11)17(9-22-8-16(20)19-17)12-6-10(18)2-4-14(12)23-15/h2-7H,8-9H2,1H3,(H,19,20)/t17-/m1/s1. The van der Waals surface area contributed by atoms with Gasteiger partial charge in [0.25, 0.3) is 0 Å². The summed E-state index contributed by atoms with van der Waals surface area (Å²) in [5, 5.41) is 3.10. The molecule has 2 aliphatic heterocycles. The average Bonchev–Trinajstić information content (AvgIpc) is 2.56. The van der Waals surface area contributed by atoms with Crippen LogP contribution in [0.2, 0.25) is 0 Å². The van der Waals surface area contributed by atoms with Gasteiger partial charge in [0.2, 0.25) is 5.91 Å². The molecule has 23 heavy (non-hydrogen) atoms. The Morgan fingerprint density at radius 3 is 2.65 bits per heavy atom. The normalized spacial score (nSPS) is 21.9. The third-order valence-corrected chi connectivity index (χ3v) is 4.67. The van der Waals surface area contributed by atoms with Crippen molar-refractivity contribution in [2.75, 3.05) is 20.3 Å². The number of halogens is 1. The number of nitrogens with one attached hydrogen (secondary N) is 1. The highest BCUT2D eigenvalue weighted by atomic mass is 79.9. The van der Waals surface area contributed by atoms with Crippen LogP contribution < -0.4 is 14.8 Å². The lowest BCUT2D eigenvalue weighted by atomic mass is 9.80. The zero-order valence-corrected chi connectivity index (χ0v) is 14.0. The Kier molecular flexibility index (Phi) is 3.32. The summed E-state index contributed by atoms with van der Waals surface area (Å²) in [6.45, 7) is 0.400. The quantitative estimate of drug-likeness (QED) is 0.832. The zero-order chi connectivity index (χ0) is 16.0. The van der Waals surface area contributed by atoms with Crippen LogP contribution in [0, 0.1) is 0 Å². The first-order valence-electron chi connectivity index (χ1n) is 7.17. The van der Waals surface area contributed by atoms with E-state index in [0.29, 0.717) is 23.9 Å². The van der Waals surface area contributed by atoms with Crippen molar-refractivity contribution in [3.05, 3.63) is 52.0 Å². The predicted molar refractivity (Wildman–Crippen MR) is 87.0 cm³/mol. The Bertz CT molecular complexity index is 807. The summed E-state index contributed by atoms with van der Waals surface area (Å²) in [5.74, 6) is 1.94. The molecule has 1 amide bonds. The molecule has 0 bridgehead atoms. The maximum atomic E-state index is 12.1. The van der Waals surface area contributed by atoms with Gasteiger partial charge < -0.3 is 19.5 Å². The molecule has 2 aromatic rings. The van der Waals surface area contributed by atoms with Gasteiger partial charge in [-0.25, -0.2) is 0 Å². The van der Waals surface area contributed by atoms with Crippen molar-refractivity contribution in [3.63, 3.8) is 0 Å². The van der Waals surface area contributed by atoms with Gasteiger partial charge in [-0.3, -0.25) is 4.79 Å². The molecule has 0 aliphatic carbocycles. The number of methoxy groups -OCH3 is 1. The van der Waals surface area contributed by atoms with Crippen LogP contribution in [0.1, 0.15) is 11.1 Å². The van der Waals surface area contributed by atoms with Crippen molar-refractivity contribution in [2.24, 2.45) is 0 Å². The average molecular weight is 376 g/mol. The van der Waals surface area contributed by atoms with Crippen LogP contribution in [0.5, 0.6) is 17.2 Å². The van der Waals surface area contributed by atoms with Gasteiger partial charge >= 0.3 is 0 Å². The number of amides is 1. The van der Waals surface area contributed by atoms with Crippen LogP contribution in [0.25, 0.3) is 0 Å². The number of fused-ring (bicyclic) bond motifs is 4. The number of carbonyl (C=O) groups excluding carboxylic acids is 1. The van der Waals surface area contributed by atoms with Gasteiger partial charge in [-0.05, 0) is 36.4 Å². The highest BCUT2D eigenvalue weighted by Gasteiger charge is 2.46. The fourth-order valence-corrected chi connectivity index (χ4v) is 3.51. The van der Waals surface area contributed by atoms with Crippen LogP contribution in [0.3, 0.4) is 0 Å². The summed E-state index contributed by atoms with van der Waals surface area (Å²) in [5.41, 5.74) is 0.910. The largest absolute Gasteiger partial charge is 0.497 e. The number of hydrogen-bond acceptors (Lipinski definition) is 4. The molecule has 5 nitrogen and oxygen atoms in total. The summed E-state index contributed by atoms with van der Waals surface area (Å²) in [6.07, 6.45) is 0. The van der Waals surface area contributed by atoms with Crippen LogP contribution in [-0.2, 0) is 15.1 Å². The first kappa shape index (κ1) is 14.5. The lowest BCUT2D eigenvalue weighted by Gasteiger charge is -2.42. The first-order chi connectivity index (χ1) is 11.1. The second kappa shape index (κ2) is 5.25. The molecule has 1 saturated heterocycles. The second-order valence-corrected chi connectivity index (χ2v) is 6.47. The van der Waals surface area contributed by atoms with Crippen LogP contribution >= 0.6 is 15.9 Å². The predicted octanol–water partition coefficient (Wildman–Crippen LogP) is 2.95. The summed E-state index contributed by atoms with van der Waals surface area (Å²) in [6, 6.07) is 11.3. The molecule has 2 aromatic carbocycles. The smallest absolute Gasteiger partial charge is 0.247 e. The maximum absolute atomic E-state index is 12.1. The molecule has 0 radical (unpaired) electrons. The molecule has 1 spiro atoms. The zero-order valence-electron chi connectivity index (χ0n) is 12.4. The van der Waals surface area contributed by atoms with E-state index in [1.165, 1.54) is 0 Å². The number of morpholine rings is 1. The minimum absolute atomic E-state index is 0.0608. The minimum atomic E-state index is -0.781. The van der Waals surface area contributed by atoms with Crippen LogP contribution in [-0.4, -0.2) is 26.2 Å². The molecule has 1 N–H and O–H groups in total. The highest BCUT2D eigenvalue weighted by molar-refractivity contribution is 9.10. The topological polar surface area (TPSA) is 56.8 Å². The van der Waals surface area contributed by atoms with Gasteiger partial charge in [0.1, 0.15) is 29.4 Å². The van der Waals surface area contributed by atoms with Crippen molar-refractivity contribution in [1.82, 2.24) is 5.32 Å². The molecule has 2 heterocycles. The Morgan fingerprint density at radius 1 is 1.17 bits per heavy atom. The van der Waals surface area contributed by atoms with Crippen LogP contribution in [0.4, 0.5) is 0 Å². The summed E-state index contributed by atoms with van der Waals surface area (Å²) in [4.78, 5) is 12.1. The number of benzene rings is 2. The SMILES string of the molecule is COc1ccc2c(c1)[C@@]1(COCC(=O)N1)c1cc(Br)ccc1O2. The fourth-order valence-electron chi connectivity index (χ4n) is 3.14. The van der Waals surface area contributed by atoms with E-state index in [2.05, 4.69) is 21.2 Å². The molecule has 118 valence electrons. The molecule has 2 aliphatic rings. The van der Waals surface area contributed by atoms with E-state index in [9.17, 15) is 4.79 Å². The fraction of sp³-hybridized carbons (Fsp3) is 0.235. The third-order valence-electron chi connectivity index (χ3n) is 4.17. The molecule has 1 fully saturated rings. The third kappa shape index (κ3) is 2.21. The molecule has 4 rings (SSSR count). The number of ether oxygens (including phenoxy) is 3. The lowest BCUT2D eigenvalue weighted by molar-refractivity contribution is -0.134. The Balaban J connectivity index is 1.98. The van der Waals surface area contributed by atoms with E-state index in [1.807, 2.05) is 36.4 Å². The molecule has 0 unspecified atom stereocenters. The first-order valence-corrected chi connectivity index (χ1v) is 7.97. The van der Waals surface area contributed by atoms with Gasteiger partial charge in [0.15, 0.2) is 0 Å². The molecular formula is C17H14BrNO4. The molecule has 0 saturated carbocycles. The van der Waals surface area contributed by atoms with Crippen molar-refractivity contribution in [2.45, 2.75) is 5.54 Å². The van der Waals surface area contributed by atoms with Crippen molar-refractivity contribution in [3.8, 4) is 17.2 Å². The summed E-state index contributed by atoms with van der Waals surface area (Å²) >= 11 is 3.49. The minimum Gasteiger partial charge on any atom is -0.497 e. The number of hydrogen-bond donors (Lipinski definition) is 1. The second-order valence-electron chi connectivity index (χ2n) is 5.55. The van der Waals surface area contributed by atoms with E-state index in [1.54, 1.807) is 7.11 Å². The van der Waals surface area contributed by atoms with E-state index in [0.717, 1.165) is 15.6 Å². The monoisotopic (exact) mass is 375 g/mol. The van der Waals surface area contributed by atoms with Crippen LogP contribution in [0.15, 0.2) is 40.9 Å². The van der Waals surface area contributed by atoms with Crippen molar-refractivity contribution >= 4 is 21.8 Å². The Labute approximate surface area is 141 Å². The van der Waals surface area contributed by atoms with Crippen molar-refractivity contribution in [1.29, 1.82) is 0 Å². The van der Waals surface area contributed by atoms with Gasteiger partial charge in [0, 0.05) is 15.6 Å². The van der Waals surface area contributed by atoms with E-state index in [-0.39, 0.29) is 12.5 Å². The van der Waals surface area contributed by atoms with Gasteiger partial charge in [0.05, 0.1) is 13.7 Å². The van der Waals surface area contributed by atoms with E-state index in [4.69, 9.17) is 14.2 Å². The lowest BCUT2D eigenvalue weighted by Crippen LogP contribution is -2.56. The number of rotatable bonds is 1. The van der Waals surface area contributed by atoms with Gasteiger partial charge in [-0.1, -0.05) is 15.9 Å². The molecule has 6 heteroatoms. The Morgan fingerprint density at radius 2 is 1.91 bits per heavy atom. The molecular weight excluding hydrogens is 362 g/mol. The van der Waals surface area contributed by atoms with Crippen molar-refractivity contribution < 1.29 is 19.0 Å². The molecule has 1 atom stereocenters. The van der Waals surface area contributed by atoms with E-state index < -0.39 is 5.54 Å².